The molecule has 5 rings (SSSR count). The van der Waals surface area contributed by atoms with Crippen LogP contribution in [0.4, 0.5) is 0 Å². The van der Waals surface area contributed by atoms with Gasteiger partial charge in [0.25, 0.3) is 0 Å². The Bertz CT molecular complexity index is 1080. The van der Waals surface area contributed by atoms with Gasteiger partial charge in [0.1, 0.15) is 34.4 Å². The van der Waals surface area contributed by atoms with Crippen molar-refractivity contribution in [1.29, 1.82) is 0 Å². The molecule has 132 valence electrons. The third-order valence-electron chi connectivity index (χ3n) is 4.66. The molecule has 1 fully saturated rings. The number of aliphatic hydroxyl groups excluding tert-OH is 1. The van der Waals surface area contributed by atoms with E-state index in [2.05, 4.69) is 15.3 Å². The molecular formula is C18H17N5O2S. The number of nitrogens with zero attached hydrogens (tertiary/aromatic N) is 5. The van der Waals surface area contributed by atoms with Crippen LogP contribution in [0.3, 0.4) is 0 Å². The van der Waals surface area contributed by atoms with Crippen LogP contribution in [-0.2, 0) is 0 Å². The maximum Gasteiger partial charge on any atom is 0.144 e. The van der Waals surface area contributed by atoms with E-state index in [-0.39, 0.29) is 0 Å². The number of rotatable bonds is 5. The van der Waals surface area contributed by atoms with Crippen molar-refractivity contribution in [3.05, 3.63) is 59.3 Å². The third-order valence-corrected chi connectivity index (χ3v) is 5.94. The molecule has 1 N–H and O–H groups in total. The van der Waals surface area contributed by atoms with Crippen LogP contribution in [-0.4, -0.2) is 36.6 Å². The molecule has 1 aliphatic carbocycles. The number of ether oxygens (including phenoxy) is 1. The second-order valence-electron chi connectivity index (χ2n) is 6.39. The highest BCUT2D eigenvalue weighted by Gasteiger charge is 2.33. The van der Waals surface area contributed by atoms with Gasteiger partial charge in [-0.3, -0.25) is 4.40 Å². The van der Waals surface area contributed by atoms with Gasteiger partial charge in [0.05, 0.1) is 25.2 Å². The minimum absolute atomic E-state index is 0.506. The highest BCUT2D eigenvalue weighted by atomic mass is 32.1. The second kappa shape index (κ2) is 5.93. The molecule has 1 aromatic carbocycles. The Morgan fingerprint density at radius 3 is 2.96 bits per heavy atom. The lowest BCUT2D eigenvalue weighted by molar-refractivity contribution is 0.208. The zero-order valence-electron chi connectivity index (χ0n) is 14.1. The number of hydrogen-bond acceptors (Lipinski definition) is 6. The first-order valence-electron chi connectivity index (χ1n) is 8.44. The van der Waals surface area contributed by atoms with Crippen LogP contribution >= 0.6 is 11.3 Å². The Labute approximate surface area is 153 Å². The summed E-state index contributed by atoms with van der Waals surface area (Å²) in [6.07, 6.45) is 6.83. The molecular weight excluding hydrogens is 350 g/mol. The van der Waals surface area contributed by atoms with Crippen molar-refractivity contribution >= 4 is 16.2 Å². The molecule has 1 aliphatic rings. The van der Waals surface area contributed by atoms with Gasteiger partial charge in [-0.2, -0.15) is 0 Å². The quantitative estimate of drug-likeness (QED) is 0.587. The summed E-state index contributed by atoms with van der Waals surface area (Å²) in [6, 6.07) is 7.58. The summed E-state index contributed by atoms with van der Waals surface area (Å²) in [6.45, 7) is 0. The lowest BCUT2D eigenvalue weighted by Crippen LogP contribution is -2.06. The Kier molecular flexibility index (Phi) is 3.54. The van der Waals surface area contributed by atoms with Gasteiger partial charge in [-0.25, -0.2) is 9.67 Å². The predicted octanol–water partition coefficient (Wildman–Crippen LogP) is 2.94. The second-order valence-corrected chi connectivity index (χ2v) is 7.45. The highest BCUT2D eigenvalue weighted by molar-refractivity contribution is 7.17. The van der Waals surface area contributed by atoms with Crippen molar-refractivity contribution in [1.82, 2.24) is 24.4 Å². The molecule has 1 unspecified atom stereocenters. The van der Waals surface area contributed by atoms with Crippen molar-refractivity contribution in [3.8, 4) is 11.4 Å². The summed E-state index contributed by atoms with van der Waals surface area (Å²) < 4.78 is 8.98. The average Bonchev–Trinajstić information content (AvgIpc) is 3.09. The maximum atomic E-state index is 11.1. The van der Waals surface area contributed by atoms with Crippen molar-refractivity contribution in [2.24, 2.45) is 0 Å². The molecule has 0 amide bonds. The van der Waals surface area contributed by atoms with E-state index in [0.29, 0.717) is 17.4 Å². The maximum absolute atomic E-state index is 11.1. The van der Waals surface area contributed by atoms with E-state index < -0.39 is 6.10 Å². The number of para-hydroxylation sites is 2. The molecule has 26 heavy (non-hydrogen) atoms. The highest BCUT2D eigenvalue weighted by Crippen LogP contribution is 2.47. The molecule has 0 aliphatic heterocycles. The lowest BCUT2D eigenvalue weighted by Gasteiger charge is -2.09. The largest absolute Gasteiger partial charge is 0.494 e. The van der Waals surface area contributed by atoms with Crippen molar-refractivity contribution in [3.63, 3.8) is 0 Å². The van der Waals surface area contributed by atoms with Crippen LogP contribution in [0.25, 0.3) is 10.5 Å². The number of benzene rings is 1. The Morgan fingerprint density at radius 1 is 1.31 bits per heavy atom. The van der Waals surface area contributed by atoms with E-state index in [1.54, 1.807) is 35.7 Å². The number of hydrogen-bond donors (Lipinski definition) is 1. The van der Waals surface area contributed by atoms with Gasteiger partial charge >= 0.3 is 0 Å². The first-order valence-corrected chi connectivity index (χ1v) is 9.26. The summed E-state index contributed by atoms with van der Waals surface area (Å²) in [7, 11) is 1.62. The van der Waals surface area contributed by atoms with Gasteiger partial charge in [0, 0.05) is 4.88 Å². The monoisotopic (exact) mass is 367 g/mol. The predicted molar refractivity (Wildman–Crippen MR) is 97.0 cm³/mol. The third kappa shape index (κ3) is 2.41. The van der Waals surface area contributed by atoms with Crippen LogP contribution in [0.5, 0.6) is 5.75 Å². The van der Waals surface area contributed by atoms with E-state index in [1.807, 2.05) is 34.9 Å². The fourth-order valence-electron chi connectivity index (χ4n) is 3.21. The smallest absolute Gasteiger partial charge is 0.144 e. The molecule has 1 saturated carbocycles. The van der Waals surface area contributed by atoms with E-state index >= 15 is 0 Å². The van der Waals surface area contributed by atoms with Crippen molar-refractivity contribution in [2.45, 2.75) is 24.9 Å². The standard InChI is InChI=1S/C18H17N5O2S/c1-25-14-5-3-2-4-13(14)23-9-12(20-21-23)17(24)16-18(11-6-7-11)26-15-8-19-10-22(15)16/h2-5,8-11,17,24H,6-7H2,1H3. The van der Waals surface area contributed by atoms with Crippen LogP contribution in [0.2, 0.25) is 0 Å². The van der Waals surface area contributed by atoms with Gasteiger partial charge in [-0.1, -0.05) is 17.3 Å². The number of thiazole rings is 1. The first kappa shape index (κ1) is 15.5. The Morgan fingerprint density at radius 2 is 2.15 bits per heavy atom. The van der Waals surface area contributed by atoms with E-state index in [9.17, 15) is 5.11 Å². The normalized spacial score (nSPS) is 15.5. The van der Waals surface area contributed by atoms with Crippen LogP contribution in [0, 0.1) is 0 Å². The number of fused-ring (bicyclic) bond motifs is 1. The molecule has 0 spiro atoms. The molecule has 8 heteroatoms. The molecule has 4 aromatic rings. The number of methoxy groups -OCH3 is 1. The summed E-state index contributed by atoms with van der Waals surface area (Å²) in [5.41, 5.74) is 2.14. The number of aromatic nitrogens is 5. The van der Waals surface area contributed by atoms with E-state index in [0.717, 1.165) is 16.2 Å². The van der Waals surface area contributed by atoms with Crippen LogP contribution < -0.4 is 4.74 Å². The lowest BCUT2D eigenvalue weighted by atomic mass is 10.1. The van der Waals surface area contributed by atoms with Gasteiger partial charge < -0.3 is 9.84 Å². The first-order chi connectivity index (χ1) is 12.8. The molecule has 0 saturated heterocycles. The topological polar surface area (TPSA) is 77.5 Å². The van der Waals surface area contributed by atoms with Gasteiger partial charge in [-0.15, -0.1) is 16.4 Å². The summed E-state index contributed by atoms with van der Waals surface area (Å²) in [4.78, 5) is 6.46. The zero-order chi connectivity index (χ0) is 17.7. The van der Waals surface area contributed by atoms with Crippen molar-refractivity contribution < 1.29 is 9.84 Å². The summed E-state index contributed by atoms with van der Waals surface area (Å²) in [5, 5.41) is 19.5. The van der Waals surface area contributed by atoms with E-state index in [1.165, 1.54) is 17.7 Å². The Balaban J connectivity index is 1.56. The SMILES string of the molecule is COc1ccccc1-n1cc(C(O)c2c(C3CC3)sc3cncn23)nn1. The fraction of sp³-hybridized carbons (Fsp3) is 0.278. The molecule has 3 aromatic heterocycles. The average molecular weight is 367 g/mol. The molecule has 1 atom stereocenters. The van der Waals surface area contributed by atoms with Crippen LogP contribution in [0.1, 0.15) is 41.1 Å². The fourth-order valence-corrected chi connectivity index (χ4v) is 4.51. The Hall–Kier alpha value is -2.71. The van der Waals surface area contributed by atoms with Crippen molar-refractivity contribution in [2.75, 3.05) is 7.11 Å². The minimum atomic E-state index is -0.850. The molecule has 0 radical (unpaired) electrons. The summed E-state index contributed by atoms with van der Waals surface area (Å²) >= 11 is 1.70. The van der Waals surface area contributed by atoms with Crippen LogP contribution in [0.15, 0.2) is 43.0 Å². The molecule has 3 heterocycles. The van der Waals surface area contributed by atoms with E-state index in [4.69, 9.17) is 4.74 Å². The molecule has 7 nitrogen and oxygen atoms in total. The van der Waals surface area contributed by atoms with Gasteiger partial charge in [-0.05, 0) is 30.9 Å². The molecule has 0 bridgehead atoms. The number of aliphatic hydroxyl groups is 1. The number of imidazole rings is 1. The van der Waals surface area contributed by atoms with Gasteiger partial charge in [0.15, 0.2) is 0 Å². The zero-order valence-corrected chi connectivity index (χ0v) is 14.9. The summed E-state index contributed by atoms with van der Waals surface area (Å²) in [5.74, 6) is 1.23. The minimum Gasteiger partial charge on any atom is -0.494 e. The van der Waals surface area contributed by atoms with Gasteiger partial charge in [0.2, 0.25) is 0 Å².